The SMILES string of the molecule is CN(O)c1cc(Br)ccc1C=O. The zero-order valence-electron chi connectivity index (χ0n) is 6.49. The molecule has 1 N–H and O–H groups in total. The summed E-state index contributed by atoms with van der Waals surface area (Å²) in [5.74, 6) is 0. The molecule has 3 nitrogen and oxygen atoms in total. The molecule has 0 unspecified atom stereocenters. The topological polar surface area (TPSA) is 40.5 Å². The number of aldehydes is 1. The first kappa shape index (κ1) is 9.22. The first-order chi connectivity index (χ1) is 5.65. The minimum atomic E-state index is 0.461. The molecule has 0 saturated heterocycles. The number of rotatable bonds is 2. The molecule has 4 heteroatoms. The number of carbonyl (C=O) groups is 1. The monoisotopic (exact) mass is 229 g/mol. The van der Waals surface area contributed by atoms with Crippen molar-refractivity contribution in [3.05, 3.63) is 28.2 Å². The molecule has 1 rings (SSSR count). The lowest BCUT2D eigenvalue weighted by Gasteiger charge is -2.12. The van der Waals surface area contributed by atoms with Gasteiger partial charge in [0.2, 0.25) is 0 Å². The molecule has 0 bridgehead atoms. The fraction of sp³-hybridized carbons (Fsp3) is 0.125. The fourth-order valence-corrected chi connectivity index (χ4v) is 1.25. The summed E-state index contributed by atoms with van der Waals surface area (Å²) >= 11 is 3.24. The molecule has 0 aliphatic rings. The third kappa shape index (κ3) is 1.84. The lowest BCUT2D eigenvalue weighted by Crippen LogP contribution is -2.11. The Balaban J connectivity index is 3.21. The number of hydroxylamine groups is 1. The van der Waals surface area contributed by atoms with Crippen LogP contribution >= 0.6 is 15.9 Å². The zero-order chi connectivity index (χ0) is 9.14. The Morgan fingerprint density at radius 1 is 1.58 bits per heavy atom. The molecule has 0 fully saturated rings. The predicted octanol–water partition coefficient (Wildman–Crippen LogP) is 2.09. The summed E-state index contributed by atoms with van der Waals surface area (Å²) in [7, 11) is 1.47. The molecule has 0 spiro atoms. The van der Waals surface area contributed by atoms with Gasteiger partial charge in [-0.3, -0.25) is 15.1 Å². The summed E-state index contributed by atoms with van der Waals surface area (Å²) in [4.78, 5) is 10.5. The van der Waals surface area contributed by atoms with Crippen molar-refractivity contribution >= 4 is 27.9 Å². The van der Waals surface area contributed by atoms with Crippen LogP contribution in [0.5, 0.6) is 0 Å². The highest BCUT2D eigenvalue weighted by molar-refractivity contribution is 9.10. The van der Waals surface area contributed by atoms with Crippen LogP contribution in [0.3, 0.4) is 0 Å². The molecular formula is C8H8BrNO2. The first-order valence-corrected chi connectivity index (χ1v) is 4.12. The smallest absolute Gasteiger partial charge is 0.152 e. The van der Waals surface area contributed by atoms with Gasteiger partial charge in [-0.2, -0.15) is 0 Å². The van der Waals surface area contributed by atoms with Gasteiger partial charge < -0.3 is 0 Å². The van der Waals surface area contributed by atoms with Crippen LogP contribution in [-0.4, -0.2) is 18.5 Å². The van der Waals surface area contributed by atoms with Crippen LogP contribution in [0.25, 0.3) is 0 Å². The molecule has 1 aromatic rings. The number of nitrogens with zero attached hydrogens (tertiary/aromatic N) is 1. The van der Waals surface area contributed by atoms with E-state index in [1.807, 2.05) is 0 Å². The highest BCUT2D eigenvalue weighted by Gasteiger charge is 2.04. The van der Waals surface area contributed by atoms with E-state index in [0.29, 0.717) is 17.5 Å². The van der Waals surface area contributed by atoms with Gasteiger partial charge in [0.1, 0.15) is 0 Å². The van der Waals surface area contributed by atoms with E-state index in [9.17, 15) is 4.79 Å². The molecule has 0 saturated carbocycles. The van der Waals surface area contributed by atoms with Crippen molar-refractivity contribution in [2.75, 3.05) is 12.1 Å². The average Bonchev–Trinajstić information content (AvgIpc) is 2.04. The van der Waals surface area contributed by atoms with Crippen molar-refractivity contribution < 1.29 is 10.0 Å². The standard InChI is InChI=1S/C8H8BrNO2/c1-10(12)8-4-7(9)3-2-6(8)5-11/h2-5,12H,1H3. The number of carbonyl (C=O) groups excluding carboxylic acids is 1. The zero-order valence-corrected chi connectivity index (χ0v) is 8.08. The maximum absolute atomic E-state index is 10.5. The van der Waals surface area contributed by atoms with Gasteiger partial charge in [-0.05, 0) is 18.2 Å². The Bertz CT molecular complexity index is 299. The molecule has 0 aromatic heterocycles. The van der Waals surface area contributed by atoms with Crippen LogP contribution in [-0.2, 0) is 0 Å². The Hall–Kier alpha value is -0.870. The van der Waals surface area contributed by atoms with Gasteiger partial charge >= 0.3 is 0 Å². The Morgan fingerprint density at radius 3 is 2.75 bits per heavy atom. The highest BCUT2D eigenvalue weighted by atomic mass is 79.9. The second-order valence-corrected chi connectivity index (χ2v) is 3.26. The summed E-state index contributed by atoms with van der Waals surface area (Å²) in [5.41, 5.74) is 0.947. The Kier molecular flexibility index (Phi) is 2.83. The van der Waals surface area contributed by atoms with Crippen molar-refractivity contribution in [2.24, 2.45) is 0 Å². The van der Waals surface area contributed by atoms with Crippen LogP contribution in [0.1, 0.15) is 10.4 Å². The van der Waals surface area contributed by atoms with E-state index >= 15 is 0 Å². The van der Waals surface area contributed by atoms with Crippen LogP contribution in [0.15, 0.2) is 22.7 Å². The molecule has 0 heterocycles. The van der Waals surface area contributed by atoms with E-state index in [0.717, 1.165) is 9.54 Å². The van der Waals surface area contributed by atoms with Crippen LogP contribution in [0, 0.1) is 0 Å². The van der Waals surface area contributed by atoms with Crippen LogP contribution in [0.4, 0.5) is 5.69 Å². The highest BCUT2D eigenvalue weighted by Crippen LogP contribution is 2.21. The maximum atomic E-state index is 10.5. The molecule has 1 aromatic carbocycles. The largest absolute Gasteiger partial charge is 0.298 e. The van der Waals surface area contributed by atoms with E-state index in [2.05, 4.69) is 15.9 Å². The Morgan fingerprint density at radius 2 is 2.25 bits per heavy atom. The van der Waals surface area contributed by atoms with Gasteiger partial charge in [0.15, 0.2) is 6.29 Å². The summed E-state index contributed by atoms with van der Waals surface area (Å²) in [6.07, 6.45) is 0.703. The first-order valence-electron chi connectivity index (χ1n) is 3.32. The van der Waals surface area contributed by atoms with Crippen LogP contribution in [0.2, 0.25) is 0 Å². The maximum Gasteiger partial charge on any atom is 0.152 e. The molecule has 0 atom stereocenters. The second kappa shape index (κ2) is 3.69. The van der Waals surface area contributed by atoms with E-state index in [4.69, 9.17) is 5.21 Å². The van der Waals surface area contributed by atoms with Crippen molar-refractivity contribution in [3.63, 3.8) is 0 Å². The minimum absolute atomic E-state index is 0.461. The van der Waals surface area contributed by atoms with E-state index in [1.54, 1.807) is 18.2 Å². The Labute approximate surface area is 78.7 Å². The van der Waals surface area contributed by atoms with E-state index in [1.165, 1.54) is 7.05 Å². The number of halogens is 1. The molecule has 0 radical (unpaired) electrons. The molecule has 0 aliphatic carbocycles. The molecule has 0 amide bonds. The number of hydrogen-bond donors (Lipinski definition) is 1. The van der Waals surface area contributed by atoms with E-state index < -0.39 is 0 Å². The van der Waals surface area contributed by atoms with Gasteiger partial charge in [0.05, 0.1) is 5.69 Å². The normalized spacial score (nSPS) is 9.58. The quantitative estimate of drug-likeness (QED) is 0.624. The number of benzene rings is 1. The van der Waals surface area contributed by atoms with E-state index in [-0.39, 0.29) is 0 Å². The molecule has 0 aliphatic heterocycles. The van der Waals surface area contributed by atoms with Crippen molar-refractivity contribution in [1.29, 1.82) is 0 Å². The lowest BCUT2D eigenvalue weighted by molar-refractivity contribution is 0.112. The van der Waals surface area contributed by atoms with Gasteiger partial charge in [-0.25, -0.2) is 0 Å². The van der Waals surface area contributed by atoms with Gasteiger partial charge in [-0.15, -0.1) is 0 Å². The van der Waals surface area contributed by atoms with Crippen molar-refractivity contribution in [2.45, 2.75) is 0 Å². The van der Waals surface area contributed by atoms with Gasteiger partial charge in [-0.1, -0.05) is 15.9 Å². The van der Waals surface area contributed by atoms with Crippen LogP contribution < -0.4 is 5.06 Å². The summed E-state index contributed by atoms with van der Waals surface area (Å²) < 4.78 is 0.823. The minimum Gasteiger partial charge on any atom is -0.298 e. The fourth-order valence-electron chi connectivity index (χ4n) is 0.897. The third-order valence-electron chi connectivity index (χ3n) is 1.47. The van der Waals surface area contributed by atoms with Crippen molar-refractivity contribution in [3.8, 4) is 0 Å². The summed E-state index contributed by atoms with van der Waals surface area (Å²) in [6, 6.07) is 5.06. The molecule has 12 heavy (non-hydrogen) atoms. The average molecular weight is 230 g/mol. The number of anilines is 1. The lowest BCUT2D eigenvalue weighted by atomic mass is 10.2. The van der Waals surface area contributed by atoms with Crippen molar-refractivity contribution in [1.82, 2.24) is 0 Å². The third-order valence-corrected chi connectivity index (χ3v) is 1.96. The number of hydrogen-bond acceptors (Lipinski definition) is 3. The summed E-state index contributed by atoms with van der Waals surface area (Å²) in [5, 5.41) is 10.0. The second-order valence-electron chi connectivity index (χ2n) is 2.34. The predicted molar refractivity (Wildman–Crippen MR) is 49.7 cm³/mol. The molecule has 64 valence electrons. The molecular weight excluding hydrogens is 222 g/mol. The van der Waals surface area contributed by atoms with Gasteiger partial charge in [0.25, 0.3) is 0 Å². The summed E-state index contributed by atoms with van der Waals surface area (Å²) in [6.45, 7) is 0. The van der Waals surface area contributed by atoms with Gasteiger partial charge in [0, 0.05) is 17.1 Å².